The summed E-state index contributed by atoms with van der Waals surface area (Å²) in [6, 6.07) is 13.4. The van der Waals surface area contributed by atoms with Crippen LogP contribution in [0.5, 0.6) is 5.75 Å². The number of rotatable bonds is 7. The van der Waals surface area contributed by atoms with E-state index in [0.29, 0.717) is 5.75 Å². The normalized spacial score (nSPS) is 11.0. The molecule has 28 heavy (non-hydrogen) atoms. The molecule has 0 saturated heterocycles. The lowest BCUT2D eigenvalue weighted by Crippen LogP contribution is -2.44. The number of para-hydroxylation sites is 1. The van der Waals surface area contributed by atoms with E-state index in [9.17, 15) is 24.5 Å². The zero-order valence-corrected chi connectivity index (χ0v) is 14.8. The van der Waals surface area contributed by atoms with Gasteiger partial charge in [-0.05, 0) is 31.2 Å². The second kappa shape index (κ2) is 9.67. The van der Waals surface area contributed by atoms with Gasteiger partial charge in [0.15, 0.2) is 12.7 Å². The minimum atomic E-state index is -0.926. The number of nitrogens with zero attached hydrogens (tertiary/aromatic N) is 1. The molecule has 2 rings (SSSR count). The van der Waals surface area contributed by atoms with Gasteiger partial charge in [-0.2, -0.15) is 0 Å². The Bertz CT molecular complexity index is 853. The van der Waals surface area contributed by atoms with Gasteiger partial charge >= 0.3 is 5.97 Å². The number of nitrogens with one attached hydrogen (secondary N) is 2. The number of non-ortho nitro benzene ring substituents is 1. The first-order valence-electron chi connectivity index (χ1n) is 8.09. The third-order valence-electron chi connectivity index (χ3n) is 3.39. The van der Waals surface area contributed by atoms with Crippen molar-refractivity contribution in [2.75, 3.05) is 6.61 Å². The summed E-state index contributed by atoms with van der Waals surface area (Å²) in [5, 5.41) is 10.6. The van der Waals surface area contributed by atoms with Gasteiger partial charge in [0.25, 0.3) is 17.5 Å². The molecule has 2 N–H and O–H groups in total. The van der Waals surface area contributed by atoms with Crippen LogP contribution < -0.4 is 15.6 Å². The maximum absolute atomic E-state index is 11.9. The molecular formula is C18H17N3O7. The molecule has 2 amide bonds. The predicted molar refractivity (Wildman–Crippen MR) is 96.2 cm³/mol. The van der Waals surface area contributed by atoms with Crippen LogP contribution in [0.3, 0.4) is 0 Å². The number of hydrazine groups is 1. The van der Waals surface area contributed by atoms with Gasteiger partial charge in [0.05, 0.1) is 4.92 Å². The van der Waals surface area contributed by atoms with E-state index in [1.54, 1.807) is 30.3 Å². The first kappa shape index (κ1) is 20.4. The largest absolute Gasteiger partial charge is 0.479 e. The van der Waals surface area contributed by atoms with Crippen LogP contribution in [-0.4, -0.2) is 35.4 Å². The highest BCUT2D eigenvalue weighted by Gasteiger charge is 2.18. The van der Waals surface area contributed by atoms with Crippen molar-refractivity contribution >= 4 is 23.5 Å². The van der Waals surface area contributed by atoms with E-state index >= 15 is 0 Å². The third kappa shape index (κ3) is 6.09. The number of hydrogen-bond acceptors (Lipinski definition) is 7. The van der Waals surface area contributed by atoms with E-state index in [0.717, 1.165) is 12.1 Å². The fourth-order valence-corrected chi connectivity index (χ4v) is 1.97. The van der Waals surface area contributed by atoms with Crippen molar-refractivity contribution in [1.29, 1.82) is 0 Å². The van der Waals surface area contributed by atoms with Gasteiger partial charge in [0.1, 0.15) is 5.75 Å². The van der Waals surface area contributed by atoms with Crippen LogP contribution in [0.1, 0.15) is 17.3 Å². The number of nitro benzene ring substituents is 1. The Kier molecular flexibility index (Phi) is 7.03. The average Bonchev–Trinajstić information content (AvgIpc) is 2.70. The summed E-state index contributed by atoms with van der Waals surface area (Å²) in [6.07, 6.45) is -0.926. The van der Waals surface area contributed by atoms with Gasteiger partial charge in [-0.3, -0.25) is 30.6 Å². The van der Waals surface area contributed by atoms with Crippen LogP contribution in [0.25, 0.3) is 0 Å². The standard InChI is InChI=1S/C18H17N3O7/c1-12(28-15-5-3-2-4-6-15)18(24)27-11-16(22)19-20-17(23)13-7-9-14(10-8-13)21(25)26/h2-10,12H,11H2,1H3,(H,19,22)(H,20,23)/t12-/m0/s1. The number of amides is 2. The molecule has 0 radical (unpaired) electrons. The number of carbonyl (C=O) groups is 3. The molecule has 2 aromatic rings. The van der Waals surface area contributed by atoms with Crippen molar-refractivity contribution in [2.45, 2.75) is 13.0 Å². The molecule has 146 valence electrons. The van der Waals surface area contributed by atoms with Crippen molar-refractivity contribution in [1.82, 2.24) is 10.9 Å². The molecule has 0 fully saturated rings. The molecule has 0 saturated carbocycles. The highest BCUT2D eigenvalue weighted by molar-refractivity contribution is 5.95. The van der Waals surface area contributed by atoms with Gasteiger partial charge in [-0.1, -0.05) is 18.2 Å². The molecule has 0 aromatic heterocycles. The van der Waals surface area contributed by atoms with Gasteiger partial charge in [-0.25, -0.2) is 4.79 Å². The third-order valence-corrected chi connectivity index (χ3v) is 3.39. The van der Waals surface area contributed by atoms with Crippen LogP contribution in [-0.2, 0) is 14.3 Å². The molecule has 0 unspecified atom stereocenters. The SMILES string of the molecule is C[C@H](Oc1ccccc1)C(=O)OCC(=O)NNC(=O)c1ccc([N+](=O)[O-])cc1. The maximum Gasteiger partial charge on any atom is 0.347 e. The van der Waals surface area contributed by atoms with E-state index in [4.69, 9.17) is 9.47 Å². The molecule has 1 atom stereocenters. The summed E-state index contributed by atoms with van der Waals surface area (Å²) in [5.74, 6) is -1.72. The van der Waals surface area contributed by atoms with E-state index in [1.165, 1.54) is 19.1 Å². The maximum atomic E-state index is 11.9. The van der Waals surface area contributed by atoms with Crippen LogP contribution in [0.15, 0.2) is 54.6 Å². The number of carbonyl (C=O) groups excluding carboxylic acids is 3. The van der Waals surface area contributed by atoms with Gasteiger partial charge in [0.2, 0.25) is 0 Å². The lowest BCUT2D eigenvalue weighted by Gasteiger charge is -2.14. The van der Waals surface area contributed by atoms with Gasteiger partial charge in [0, 0.05) is 17.7 Å². The van der Waals surface area contributed by atoms with E-state index in [2.05, 4.69) is 10.9 Å². The fraction of sp³-hybridized carbons (Fsp3) is 0.167. The lowest BCUT2D eigenvalue weighted by molar-refractivity contribution is -0.384. The summed E-state index contributed by atoms with van der Waals surface area (Å²) in [7, 11) is 0. The van der Waals surface area contributed by atoms with E-state index in [1.807, 2.05) is 0 Å². The van der Waals surface area contributed by atoms with Crippen molar-refractivity contribution in [3.63, 3.8) is 0 Å². The number of esters is 1. The zero-order valence-electron chi connectivity index (χ0n) is 14.8. The molecule has 2 aromatic carbocycles. The average molecular weight is 387 g/mol. The lowest BCUT2D eigenvalue weighted by atomic mass is 10.2. The molecule has 0 bridgehead atoms. The molecule has 0 heterocycles. The minimum absolute atomic E-state index is 0.104. The monoisotopic (exact) mass is 387 g/mol. The van der Waals surface area contributed by atoms with Crippen LogP contribution in [0.4, 0.5) is 5.69 Å². The van der Waals surface area contributed by atoms with Gasteiger partial charge < -0.3 is 9.47 Å². The molecule has 0 spiro atoms. The molecule has 0 aliphatic heterocycles. The molecular weight excluding hydrogens is 370 g/mol. The first-order valence-corrected chi connectivity index (χ1v) is 8.09. The van der Waals surface area contributed by atoms with Crippen LogP contribution in [0, 0.1) is 10.1 Å². The Morgan fingerprint density at radius 2 is 1.68 bits per heavy atom. The molecule has 0 aliphatic carbocycles. The Morgan fingerprint density at radius 1 is 1.04 bits per heavy atom. The van der Waals surface area contributed by atoms with Gasteiger partial charge in [-0.15, -0.1) is 0 Å². The minimum Gasteiger partial charge on any atom is -0.479 e. The summed E-state index contributed by atoms with van der Waals surface area (Å²) in [4.78, 5) is 45.3. The highest BCUT2D eigenvalue weighted by atomic mass is 16.6. The highest BCUT2D eigenvalue weighted by Crippen LogP contribution is 2.12. The zero-order chi connectivity index (χ0) is 20.5. The summed E-state index contributed by atoms with van der Waals surface area (Å²) >= 11 is 0. The quantitative estimate of drug-likeness (QED) is 0.416. The van der Waals surface area contributed by atoms with E-state index in [-0.39, 0.29) is 11.3 Å². The number of hydrogen-bond donors (Lipinski definition) is 2. The predicted octanol–water partition coefficient (Wildman–Crippen LogP) is 1.37. The Balaban J connectivity index is 1.73. The second-order valence-electron chi connectivity index (χ2n) is 5.49. The number of nitro groups is 1. The smallest absolute Gasteiger partial charge is 0.347 e. The molecule has 10 nitrogen and oxygen atoms in total. The Hall–Kier alpha value is -3.95. The summed E-state index contributed by atoms with van der Waals surface area (Å²) < 4.78 is 10.2. The molecule has 0 aliphatic rings. The van der Waals surface area contributed by atoms with Crippen LogP contribution in [0.2, 0.25) is 0 Å². The summed E-state index contributed by atoms with van der Waals surface area (Å²) in [6.45, 7) is 0.853. The fourth-order valence-electron chi connectivity index (χ4n) is 1.97. The van der Waals surface area contributed by atoms with Crippen molar-refractivity contribution < 1.29 is 28.8 Å². The topological polar surface area (TPSA) is 137 Å². The van der Waals surface area contributed by atoms with Crippen molar-refractivity contribution in [3.8, 4) is 5.75 Å². The van der Waals surface area contributed by atoms with Crippen molar-refractivity contribution in [3.05, 3.63) is 70.3 Å². The Labute approximate surface area is 159 Å². The second-order valence-corrected chi connectivity index (χ2v) is 5.49. The number of ether oxygens (including phenoxy) is 2. The first-order chi connectivity index (χ1) is 13.4. The van der Waals surface area contributed by atoms with Crippen molar-refractivity contribution in [2.24, 2.45) is 0 Å². The number of benzene rings is 2. The Morgan fingerprint density at radius 3 is 2.29 bits per heavy atom. The summed E-state index contributed by atoms with van der Waals surface area (Å²) in [5.41, 5.74) is 4.12. The molecule has 10 heteroatoms. The van der Waals surface area contributed by atoms with Crippen LogP contribution >= 0.6 is 0 Å². The van der Waals surface area contributed by atoms with E-state index < -0.39 is 35.4 Å².